The van der Waals surface area contributed by atoms with Gasteiger partial charge in [-0.3, -0.25) is 9.48 Å². The Labute approximate surface area is 145 Å². The number of thiophene rings is 1. The first kappa shape index (κ1) is 16.5. The Morgan fingerprint density at radius 2 is 2.08 bits per heavy atom. The highest BCUT2D eigenvalue weighted by Gasteiger charge is 2.24. The van der Waals surface area contributed by atoms with Crippen LogP contribution < -0.4 is 4.74 Å². The molecule has 1 amide bonds. The molecule has 2 heterocycles. The van der Waals surface area contributed by atoms with Crippen LogP contribution in [0.15, 0.2) is 30.3 Å². The fourth-order valence-electron chi connectivity index (χ4n) is 2.88. The Morgan fingerprint density at radius 3 is 2.75 bits per heavy atom. The van der Waals surface area contributed by atoms with Crippen LogP contribution in [0.5, 0.6) is 5.75 Å². The molecule has 0 aliphatic carbocycles. The van der Waals surface area contributed by atoms with E-state index in [9.17, 15) is 4.79 Å². The third kappa shape index (κ3) is 2.67. The average Bonchev–Trinajstić information content (AvgIpc) is 3.14. The van der Waals surface area contributed by atoms with E-state index in [-0.39, 0.29) is 11.9 Å². The lowest BCUT2D eigenvalue weighted by molar-refractivity contribution is 0.0746. The first-order chi connectivity index (χ1) is 11.4. The lowest BCUT2D eigenvalue weighted by Gasteiger charge is -2.26. The van der Waals surface area contributed by atoms with E-state index in [0.29, 0.717) is 0 Å². The minimum absolute atomic E-state index is 0.00834. The van der Waals surface area contributed by atoms with E-state index in [0.717, 1.165) is 32.1 Å². The van der Waals surface area contributed by atoms with Gasteiger partial charge in [0.25, 0.3) is 5.91 Å². The van der Waals surface area contributed by atoms with Gasteiger partial charge < -0.3 is 9.64 Å². The van der Waals surface area contributed by atoms with Crippen LogP contribution >= 0.6 is 11.3 Å². The van der Waals surface area contributed by atoms with Crippen molar-refractivity contribution in [3.63, 3.8) is 0 Å². The van der Waals surface area contributed by atoms with Crippen LogP contribution in [0.25, 0.3) is 10.2 Å². The maximum atomic E-state index is 12.9. The van der Waals surface area contributed by atoms with Crippen molar-refractivity contribution < 1.29 is 9.53 Å². The molecule has 0 aliphatic rings. The van der Waals surface area contributed by atoms with Crippen molar-refractivity contribution in [2.45, 2.75) is 19.9 Å². The van der Waals surface area contributed by atoms with Gasteiger partial charge in [0.2, 0.25) is 0 Å². The molecule has 0 fully saturated rings. The summed E-state index contributed by atoms with van der Waals surface area (Å²) >= 11 is 1.48. The zero-order chi connectivity index (χ0) is 17.4. The number of carbonyl (C=O) groups excluding carboxylic acids is 1. The van der Waals surface area contributed by atoms with Crippen molar-refractivity contribution in [2.75, 3.05) is 14.2 Å². The predicted octanol–water partition coefficient (Wildman–Crippen LogP) is 3.79. The largest absolute Gasteiger partial charge is 0.496 e. The molecule has 3 aromatic rings. The summed E-state index contributed by atoms with van der Waals surface area (Å²) in [4.78, 5) is 16.4. The summed E-state index contributed by atoms with van der Waals surface area (Å²) in [7, 11) is 5.38. The minimum Gasteiger partial charge on any atom is -0.496 e. The molecule has 0 spiro atoms. The van der Waals surface area contributed by atoms with Crippen LogP contribution in [0.1, 0.15) is 33.9 Å². The molecule has 0 radical (unpaired) electrons. The monoisotopic (exact) mass is 343 g/mol. The summed E-state index contributed by atoms with van der Waals surface area (Å²) in [5.41, 5.74) is 1.94. The number of rotatable bonds is 4. The highest BCUT2D eigenvalue weighted by Crippen LogP contribution is 2.32. The Kier molecular flexibility index (Phi) is 4.32. The number of nitrogens with zero attached hydrogens (tertiary/aromatic N) is 3. The second kappa shape index (κ2) is 6.28. The molecule has 5 nitrogen and oxygen atoms in total. The Balaban J connectivity index is 1.91. The van der Waals surface area contributed by atoms with Gasteiger partial charge in [0.05, 0.1) is 23.7 Å². The Morgan fingerprint density at radius 1 is 1.38 bits per heavy atom. The van der Waals surface area contributed by atoms with Crippen LogP contribution in [-0.4, -0.2) is 34.7 Å². The molecule has 3 rings (SSSR count). The van der Waals surface area contributed by atoms with Gasteiger partial charge in [0, 0.05) is 25.0 Å². The van der Waals surface area contributed by atoms with Crippen LogP contribution in [0.4, 0.5) is 0 Å². The van der Waals surface area contributed by atoms with Crippen molar-refractivity contribution in [3.8, 4) is 5.75 Å². The maximum absolute atomic E-state index is 12.9. The van der Waals surface area contributed by atoms with Gasteiger partial charge in [-0.15, -0.1) is 11.3 Å². The molecule has 0 unspecified atom stereocenters. The van der Waals surface area contributed by atoms with E-state index >= 15 is 0 Å². The van der Waals surface area contributed by atoms with Gasteiger partial charge in [-0.1, -0.05) is 18.2 Å². The molecule has 0 saturated heterocycles. The standard InChI is InChI=1S/C18H21N3O2S/c1-11-14-10-16(24-18(14)21(4)19-11)17(22)20(3)12(2)13-8-6-7-9-15(13)23-5/h6-10,12H,1-5H3/t12-/m1/s1. The number of ether oxygens (including phenoxy) is 1. The van der Waals surface area contributed by atoms with Crippen molar-refractivity contribution in [1.82, 2.24) is 14.7 Å². The molecule has 0 bridgehead atoms. The van der Waals surface area contributed by atoms with E-state index in [1.54, 1.807) is 12.0 Å². The van der Waals surface area contributed by atoms with Crippen LogP contribution in [0.2, 0.25) is 0 Å². The van der Waals surface area contributed by atoms with Crippen LogP contribution in [0.3, 0.4) is 0 Å². The lowest BCUT2D eigenvalue weighted by Crippen LogP contribution is -2.29. The molecule has 1 atom stereocenters. The zero-order valence-corrected chi connectivity index (χ0v) is 15.3. The maximum Gasteiger partial charge on any atom is 0.264 e. The summed E-state index contributed by atoms with van der Waals surface area (Å²) in [5, 5.41) is 5.43. The van der Waals surface area contributed by atoms with Gasteiger partial charge in [-0.2, -0.15) is 5.10 Å². The molecular formula is C18H21N3O2S. The van der Waals surface area contributed by atoms with E-state index < -0.39 is 0 Å². The second-order valence-corrected chi connectivity index (χ2v) is 6.90. The summed E-state index contributed by atoms with van der Waals surface area (Å²) < 4.78 is 7.25. The summed E-state index contributed by atoms with van der Waals surface area (Å²) in [6, 6.07) is 9.65. The molecule has 24 heavy (non-hydrogen) atoms. The van der Waals surface area contributed by atoms with Gasteiger partial charge in [0.1, 0.15) is 10.6 Å². The van der Waals surface area contributed by atoms with Gasteiger partial charge >= 0.3 is 0 Å². The van der Waals surface area contributed by atoms with Crippen LogP contribution in [-0.2, 0) is 7.05 Å². The molecule has 0 N–H and O–H groups in total. The molecule has 2 aromatic heterocycles. The molecular weight excluding hydrogens is 322 g/mol. The van der Waals surface area contributed by atoms with E-state index in [2.05, 4.69) is 5.10 Å². The number of hydrogen-bond donors (Lipinski definition) is 0. The van der Waals surface area contributed by atoms with Crippen molar-refractivity contribution in [2.24, 2.45) is 7.05 Å². The Bertz CT molecular complexity index is 862. The number of aromatic nitrogens is 2. The molecule has 126 valence electrons. The molecule has 0 saturated carbocycles. The number of methoxy groups -OCH3 is 1. The molecule has 6 heteroatoms. The number of aryl methyl sites for hydroxylation is 2. The van der Waals surface area contributed by atoms with E-state index in [4.69, 9.17) is 4.74 Å². The van der Waals surface area contributed by atoms with Gasteiger partial charge in [-0.25, -0.2) is 0 Å². The average molecular weight is 343 g/mol. The number of amides is 1. The zero-order valence-electron chi connectivity index (χ0n) is 14.5. The van der Waals surface area contributed by atoms with Gasteiger partial charge in [0.15, 0.2) is 0 Å². The third-order valence-electron chi connectivity index (χ3n) is 4.40. The highest BCUT2D eigenvalue weighted by molar-refractivity contribution is 7.20. The molecule has 1 aromatic carbocycles. The van der Waals surface area contributed by atoms with E-state index in [1.165, 1.54) is 11.3 Å². The topological polar surface area (TPSA) is 47.4 Å². The van der Waals surface area contributed by atoms with Gasteiger partial charge in [-0.05, 0) is 26.0 Å². The highest BCUT2D eigenvalue weighted by atomic mass is 32.1. The van der Waals surface area contributed by atoms with Crippen molar-refractivity contribution in [1.29, 1.82) is 0 Å². The van der Waals surface area contributed by atoms with Crippen molar-refractivity contribution in [3.05, 3.63) is 46.5 Å². The fraction of sp³-hybridized carbons (Fsp3) is 0.333. The number of benzene rings is 1. The number of fused-ring (bicyclic) bond motifs is 1. The molecule has 0 aliphatic heterocycles. The number of para-hydroxylation sites is 1. The summed E-state index contributed by atoms with van der Waals surface area (Å²) in [6.07, 6.45) is 0. The Hall–Kier alpha value is -2.34. The minimum atomic E-state index is -0.0851. The SMILES string of the molecule is COc1ccccc1[C@@H](C)N(C)C(=O)c1cc2c(C)nn(C)c2s1. The number of carbonyl (C=O) groups is 1. The fourth-order valence-corrected chi connectivity index (χ4v) is 3.99. The second-order valence-electron chi connectivity index (χ2n) is 5.87. The summed E-state index contributed by atoms with van der Waals surface area (Å²) in [5.74, 6) is 0.801. The van der Waals surface area contributed by atoms with E-state index in [1.807, 2.05) is 63.0 Å². The van der Waals surface area contributed by atoms with Crippen molar-refractivity contribution >= 4 is 27.5 Å². The predicted molar refractivity (Wildman–Crippen MR) is 96.8 cm³/mol. The lowest BCUT2D eigenvalue weighted by atomic mass is 10.1. The summed E-state index contributed by atoms with van der Waals surface area (Å²) in [6.45, 7) is 3.97. The van der Waals surface area contributed by atoms with Crippen LogP contribution in [0, 0.1) is 6.92 Å². The third-order valence-corrected chi connectivity index (χ3v) is 5.59. The number of hydrogen-bond acceptors (Lipinski definition) is 4. The smallest absolute Gasteiger partial charge is 0.264 e. The first-order valence-corrected chi connectivity index (χ1v) is 8.59. The first-order valence-electron chi connectivity index (χ1n) is 7.77. The normalized spacial score (nSPS) is 12.4. The quantitative estimate of drug-likeness (QED) is 0.724.